The van der Waals surface area contributed by atoms with Gasteiger partial charge >= 0.3 is 6.09 Å². The van der Waals surface area contributed by atoms with E-state index in [0.29, 0.717) is 55.2 Å². The summed E-state index contributed by atoms with van der Waals surface area (Å²) in [5.74, 6) is -0.225. The number of H-pyrrole nitrogens is 1. The number of nitrogens with zero attached hydrogens (tertiary/aromatic N) is 4. The Morgan fingerprint density at radius 1 is 1.20 bits per heavy atom. The summed E-state index contributed by atoms with van der Waals surface area (Å²) < 4.78 is 38.4. The van der Waals surface area contributed by atoms with Crippen molar-refractivity contribution in [3.8, 4) is 0 Å². The molecule has 35 heavy (non-hydrogen) atoms. The van der Waals surface area contributed by atoms with Crippen molar-refractivity contribution in [1.82, 2.24) is 19.9 Å². The molecule has 1 fully saturated rings. The minimum atomic E-state index is -1.48. The van der Waals surface area contributed by atoms with Crippen LogP contribution >= 0.6 is 0 Å². The molecule has 1 atom stereocenters. The molecule has 1 amide bonds. The molecule has 0 radical (unpaired) electrons. The fraction of sp³-hybridized carbons (Fsp3) is 0.458. The predicted molar refractivity (Wildman–Crippen MR) is 131 cm³/mol. The highest BCUT2D eigenvalue weighted by molar-refractivity contribution is 7.84. The number of piperazine rings is 1. The lowest BCUT2D eigenvalue weighted by atomic mass is 10.2. The van der Waals surface area contributed by atoms with Gasteiger partial charge in [-0.3, -0.25) is 9.19 Å². The number of aromatic nitrogens is 3. The molecule has 0 aliphatic carbocycles. The van der Waals surface area contributed by atoms with Crippen LogP contribution in [0.1, 0.15) is 32.0 Å². The lowest BCUT2D eigenvalue weighted by Gasteiger charge is -2.36. The average molecular weight is 504 g/mol. The third kappa shape index (κ3) is 6.15. The zero-order valence-corrected chi connectivity index (χ0v) is 21.2. The summed E-state index contributed by atoms with van der Waals surface area (Å²) in [5, 5.41) is 0.269. The molecular weight excluding hydrogens is 473 g/mol. The van der Waals surface area contributed by atoms with E-state index >= 15 is 0 Å². The number of halogens is 1. The molecule has 0 bridgehead atoms. The number of rotatable bonds is 6. The van der Waals surface area contributed by atoms with E-state index in [9.17, 15) is 13.4 Å². The molecule has 2 aromatic heterocycles. The Morgan fingerprint density at radius 2 is 1.94 bits per heavy atom. The first-order chi connectivity index (χ1) is 16.6. The second kappa shape index (κ2) is 10.3. The van der Waals surface area contributed by atoms with Gasteiger partial charge in [-0.15, -0.1) is 0 Å². The zero-order valence-electron chi connectivity index (χ0n) is 20.3. The maximum atomic E-state index is 15.0. The highest BCUT2D eigenvalue weighted by Crippen LogP contribution is 2.27. The van der Waals surface area contributed by atoms with Gasteiger partial charge in [-0.25, -0.2) is 14.2 Å². The molecule has 3 heterocycles. The number of nitrogens with one attached hydrogen (secondary N) is 1. The molecule has 1 aliphatic heterocycles. The number of hydrogen-bond donors (Lipinski definition) is 1. The number of amides is 1. The highest BCUT2D eigenvalue weighted by atomic mass is 32.2. The first-order valence-corrected chi connectivity index (χ1v) is 12.7. The van der Waals surface area contributed by atoms with Gasteiger partial charge in [0.15, 0.2) is 5.16 Å². The van der Waals surface area contributed by atoms with Gasteiger partial charge in [-0.1, -0.05) is 0 Å². The molecule has 11 heteroatoms. The lowest BCUT2D eigenvalue weighted by Crippen LogP contribution is -2.50. The second-order valence-corrected chi connectivity index (χ2v) is 10.8. The molecule has 1 unspecified atom stereocenters. The largest absolute Gasteiger partial charge is 0.444 e. The normalized spacial score (nSPS) is 15.5. The van der Waals surface area contributed by atoms with Crippen LogP contribution in [-0.2, 0) is 32.6 Å². The van der Waals surface area contributed by atoms with Crippen molar-refractivity contribution in [3.63, 3.8) is 0 Å². The summed E-state index contributed by atoms with van der Waals surface area (Å²) in [7, 11) is 0.132. The predicted octanol–water partition coefficient (Wildman–Crippen LogP) is 3.61. The molecule has 4 rings (SSSR count). The van der Waals surface area contributed by atoms with Crippen LogP contribution in [0.2, 0.25) is 0 Å². The number of pyridine rings is 1. The number of hydrogen-bond acceptors (Lipinski definition) is 7. The van der Waals surface area contributed by atoms with Crippen LogP contribution in [0.4, 0.5) is 14.9 Å². The number of ether oxygens (including phenoxy) is 2. The fourth-order valence-electron chi connectivity index (χ4n) is 3.87. The van der Waals surface area contributed by atoms with Gasteiger partial charge in [-0.05, 0) is 44.5 Å². The van der Waals surface area contributed by atoms with Gasteiger partial charge in [0.25, 0.3) is 0 Å². The lowest BCUT2D eigenvalue weighted by molar-refractivity contribution is 0.0240. The van der Waals surface area contributed by atoms with Gasteiger partial charge in [0.1, 0.15) is 11.4 Å². The third-order valence-electron chi connectivity index (χ3n) is 5.49. The Balaban J connectivity index is 1.46. The van der Waals surface area contributed by atoms with Crippen LogP contribution in [0.25, 0.3) is 11.0 Å². The monoisotopic (exact) mass is 503 g/mol. The van der Waals surface area contributed by atoms with Crippen molar-refractivity contribution >= 4 is 33.6 Å². The minimum absolute atomic E-state index is 0.180. The van der Waals surface area contributed by atoms with E-state index in [4.69, 9.17) is 9.47 Å². The van der Waals surface area contributed by atoms with Gasteiger partial charge < -0.3 is 24.3 Å². The van der Waals surface area contributed by atoms with Crippen molar-refractivity contribution < 1.29 is 22.9 Å². The van der Waals surface area contributed by atoms with Gasteiger partial charge in [0.2, 0.25) is 0 Å². The summed E-state index contributed by atoms with van der Waals surface area (Å²) in [6.45, 7) is 7.71. The van der Waals surface area contributed by atoms with Crippen molar-refractivity contribution in [3.05, 3.63) is 47.5 Å². The van der Waals surface area contributed by atoms with Crippen LogP contribution in [-0.4, -0.2) is 69.0 Å². The molecule has 1 aliphatic rings. The Hall–Kier alpha value is -3.05. The van der Waals surface area contributed by atoms with Crippen molar-refractivity contribution in [2.45, 2.75) is 43.9 Å². The number of carbonyl (C=O) groups excluding carboxylic acids is 1. The van der Waals surface area contributed by atoms with Crippen molar-refractivity contribution in [2.24, 2.45) is 0 Å². The molecule has 3 aromatic rings. The standard InChI is InChI=1S/C24H30FN5O4S/c1-24(2,3)34-23(31)30-9-7-29(8-10-30)21-13-20-19(12-18(21)25)27-22(28-20)35(32)15-17-11-16(14-33-4)5-6-26-17/h5-6,11-13H,7-10,14-15H2,1-4H3,(H,27,28). The number of benzene rings is 1. The number of imidazole rings is 1. The maximum Gasteiger partial charge on any atom is 0.410 e. The van der Waals surface area contributed by atoms with Crippen LogP contribution in [0.3, 0.4) is 0 Å². The van der Waals surface area contributed by atoms with E-state index in [1.54, 1.807) is 24.3 Å². The quantitative estimate of drug-likeness (QED) is 0.548. The number of anilines is 1. The Labute approximate surface area is 206 Å². The van der Waals surface area contributed by atoms with Gasteiger partial charge in [-0.2, -0.15) is 0 Å². The highest BCUT2D eigenvalue weighted by Gasteiger charge is 2.27. The Morgan fingerprint density at radius 3 is 2.63 bits per heavy atom. The summed E-state index contributed by atoms with van der Waals surface area (Å²) in [6, 6.07) is 6.71. The zero-order chi connectivity index (χ0) is 25.2. The second-order valence-electron chi connectivity index (χ2n) is 9.40. The number of aromatic amines is 1. The van der Waals surface area contributed by atoms with E-state index in [2.05, 4.69) is 15.0 Å². The average Bonchev–Trinajstić information content (AvgIpc) is 3.21. The summed E-state index contributed by atoms with van der Waals surface area (Å²) in [4.78, 5) is 27.5. The Bertz CT molecular complexity index is 1230. The molecule has 1 N–H and O–H groups in total. The molecule has 188 valence electrons. The third-order valence-corrected chi connectivity index (χ3v) is 6.67. The smallest absolute Gasteiger partial charge is 0.410 e. The maximum absolute atomic E-state index is 15.0. The molecule has 1 aromatic carbocycles. The number of carbonyl (C=O) groups is 1. The van der Waals surface area contributed by atoms with Gasteiger partial charge in [0.05, 0.1) is 45.6 Å². The van der Waals surface area contributed by atoms with Gasteiger partial charge in [0, 0.05) is 45.6 Å². The van der Waals surface area contributed by atoms with E-state index in [1.165, 1.54) is 6.07 Å². The van der Waals surface area contributed by atoms with Crippen molar-refractivity contribution in [1.29, 1.82) is 0 Å². The van der Waals surface area contributed by atoms with Crippen LogP contribution in [0, 0.1) is 5.82 Å². The fourth-order valence-corrected chi connectivity index (χ4v) is 4.86. The van der Waals surface area contributed by atoms with Crippen LogP contribution in [0.15, 0.2) is 35.6 Å². The van der Waals surface area contributed by atoms with E-state index in [-0.39, 0.29) is 17.0 Å². The summed E-state index contributed by atoms with van der Waals surface area (Å²) in [6.07, 6.45) is 1.29. The summed E-state index contributed by atoms with van der Waals surface area (Å²) >= 11 is 0. The van der Waals surface area contributed by atoms with E-state index in [1.807, 2.05) is 37.8 Å². The Kier molecular flexibility index (Phi) is 7.36. The molecule has 0 spiro atoms. The minimum Gasteiger partial charge on any atom is -0.444 e. The number of methoxy groups -OCH3 is 1. The molecule has 9 nitrogen and oxygen atoms in total. The number of fused-ring (bicyclic) bond motifs is 1. The van der Waals surface area contributed by atoms with Crippen molar-refractivity contribution in [2.75, 3.05) is 38.2 Å². The first-order valence-electron chi connectivity index (χ1n) is 11.4. The van der Waals surface area contributed by atoms with E-state index in [0.717, 1.165) is 5.56 Å². The summed E-state index contributed by atoms with van der Waals surface area (Å²) in [5.41, 5.74) is 2.44. The molecular formula is C24H30FN5O4S. The van der Waals surface area contributed by atoms with Crippen LogP contribution < -0.4 is 4.90 Å². The topological polar surface area (TPSA) is 101 Å². The first kappa shape index (κ1) is 25.1. The molecule has 0 saturated carbocycles. The SMILES string of the molecule is COCc1ccnc(CS(=O)c2nc3cc(N4CCN(C(=O)OC(C)(C)C)CC4)c(F)cc3[nH]2)c1. The van der Waals surface area contributed by atoms with Crippen LogP contribution in [0.5, 0.6) is 0 Å². The molecule has 1 saturated heterocycles. The van der Waals surface area contributed by atoms with E-state index < -0.39 is 22.2 Å².